The number of hydrogen-bond acceptors (Lipinski definition) is 6. The van der Waals surface area contributed by atoms with Crippen molar-refractivity contribution in [1.29, 1.82) is 0 Å². The lowest BCUT2D eigenvalue weighted by Gasteiger charge is -2.25. The van der Waals surface area contributed by atoms with Gasteiger partial charge in [0.1, 0.15) is 12.2 Å². The minimum Gasteiger partial charge on any atom is -0.335 e. The second kappa shape index (κ2) is 16.1. The monoisotopic (exact) mass is 761 g/mol. The molecule has 56 heavy (non-hydrogen) atoms. The van der Waals surface area contributed by atoms with Gasteiger partial charge in [-0.05, 0) is 96.3 Å². The van der Waals surface area contributed by atoms with Crippen LogP contribution in [0.5, 0.6) is 0 Å². The highest BCUT2D eigenvalue weighted by Crippen LogP contribution is 2.58. The molecule has 0 radical (unpaired) electrons. The summed E-state index contributed by atoms with van der Waals surface area (Å²) >= 11 is 0. The first-order valence-electron chi connectivity index (χ1n) is 19.5. The van der Waals surface area contributed by atoms with Crippen LogP contribution in [0.15, 0.2) is 161 Å². The summed E-state index contributed by atoms with van der Waals surface area (Å²) in [6, 6.07) is 46.8. The molecule has 6 aromatic carbocycles. The van der Waals surface area contributed by atoms with Gasteiger partial charge in [0, 0.05) is 12.0 Å². The molecule has 3 atom stereocenters. The number of fused-ring (bicyclic) bond motifs is 2. The fraction of sp³-hybridized carbons (Fsp3) is 0.250. The maximum atomic E-state index is 13.8. The van der Waals surface area contributed by atoms with Gasteiger partial charge in [-0.2, -0.15) is 15.0 Å². The van der Waals surface area contributed by atoms with Crippen LogP contribution in [0.3, 0.4) is 0 Å². The molecule has 1 unspecified atom stereocenters. The van der Waals surface area contributed by atoms with Crippen LogP contribution in [0, 0.1) is 13.8 Å². The van der Waals surface area contributed by atoms with E-state index in [-0.39, 0.29) is 17.1 Å². The zero-order valence-electron chi connectivity index (χ0n) is 32.1. The lowest BCUT2D eigenvalue weighted by Crippen LogP contribution is -2.29. The molecule has 1 aliphatic heterocycles. The van der Waals surface area contributed by atoms with Gasteiger partial charge in [-0.3, -0.25) is 0 Å². The van der Waals surface area contributed by atoms with Gasteiger partial charge in [-0.25, -0.2) is 8.42 Å². The van der Waals surface area contributed by atoms with Gasteiger partial charge in [0.25, 0.3) is 0 Å². The van der Waals surface area contributed by atoms with Crippen molar-refractivity contribution in [2.75, 3.05) is 0 Å². The second-order valence-corrected chi connectivity index (χ2v) is 16.6. The number of hydrogen-bond donors (Lipinski definition) is 1. The summed E-state index contributed by atoms with van der Waals surface area (Å²) in [6.45, 7) is 6.13. The molecule has 6 aromatic rings. The van der Waals surface area contributed by atoms with Crippen molar-refractivity contribution in [2.45, 2.75) is 81.8 Å². The van der Waals surface area contributed by atoms with Gasteiger partial charge in [0.15, 0.2) is 5.79 Å². The summed E-state index contributed by atoms with van der Waals surface area (Å²) in [5.74, 6) is -1.00. The van der Waals surface area contributed by atoms with Crippen LogP contribution < -0.4 is 4.72 Å². The molecule has 0 bridgehead atoms. The van der Waals surface area contributed by atoms with E-state index in [9.17, 15) is 8.42 Å². The normalized spacial score (nSPS) is 18.1. The molecule has 0 amide bonds. The number of rotatable bonds is 12. The molecule has 1 fully saturated rings. The number of sulfonamides is 1. The molecule has 2 aliphatic rings. The van der Waals surface area contributed by atoms with E-state index in [1.54, 1.807) is 24.3 Å². The summed E-state index contributed by atoms with van der Waals surface area (Å²) in [4.78, 5) is 0.210. The van der Waals surface area contributed by atoms with Crippen molar-refractivity contribution >= 4 is 21.4 Å². The highest BCUT2D eigenvalue weighted by atomic mass is 32.2. The highest BCUT2D eigenvalue weighted by Gasteiger charge is 2.54. The van der Waals surface area contributed by atoms with Crippen molar-refractivity contribution in [3.8, 4) is 0 Å². The Morgan fingerprint density at radius 3 is 1.95 bits per heavy atom. The zero-order chi connectivity index (χ0) is 38.7. The molecule has 1 spiro atoms. The number of azo groups is 1. The van der Waals surface area contributed by atoms with Gasteiger partial charge in [0.05, 0.1) is 22.3 Å². The molecular weight excluding hydrogens is 715 g/mol. The molecule has 0 saturated carbocycles. The summed E-state index contributed by atoms with van der Waals surface area (Å²) in [6.07, 6.45) is 3.94. The molecule has 1 N–H and O–H groups in total. The summed E-state index contributed by atoms with van der Waals surface area (Å²) in [7, 11) is -3.86. The maximum Gasteiger partial charge on any atom is 0.241 e. The smallest absolute Gasteiger partial charge is 0.241 e. The van der Waals surface area contributed by atoms with Crippen LogP contribution in [0.2, 0.25) is 0 Å². The Kier molecular flexibility index (Phi) is 10.8. The fourth-order valence-corrected chi connectivity index (χ4v) is 9.13. The van der Waals surface area contributed by atoms with E-state index >= 15 is 0 Å². The maximum absolute atomic E-state index is 13.8. The average Bonchev–Trinajstić information content (AvgIpc) is 3.80. The predicted molar refractivity (Wildman–Crippen MR) is 221 cm³/mol. The minimum absolute atomic E-state index is 0.210. The van der Waals surface area contributed by atoms with E-state index < -0.39 is 21.9 Å². The van der Waals surface area contributed by atoms with Gasteiger partial charge in [-0.15, -0.1) is 0 Å². The van der Waals surface area contributed by atoms with Crippen LogP contribution in [0.25, 0.3) is 0 Å². The first-order valence-corrected chi connectivity index (χ1v) is 21.0. The van der Waals surface area contributed by atoms with Gasteiger partial charge >= 0.3 is 0 Å². The van der Waals surface area contributed by atoms with E-state index in [0.717, 1.165) is 70.3 Å². The number of aryl methyl sites for hydroxylation is 4. The SMILES string of the molecule is CCCCc1cc2c(c(N=Nc3cc(C(NS(=O)(=O)c4ccc(C)cc4)c4ccccc4)ccc3C)c1)C1(CC2)O[C@@H](c2ccccc2)[C@H](c2ccccc2)O1. The van der Waals surface area contributed by atoms with Crippen molar-refractivity contribution in [2.24, 2.45) is 10.2 Å². The second-order valence-electron chi connectivity index (χ2n) is 14.9. The number of ether oxygens (including phenoxy) is 2. The topological polar surface area (TPSA) is 89.4 Å². The van der Waals surface area contributed by atoms with Crippen LogP contribution in [-0.4, -0.2) is 8.42 Å². The first-order chi connectivity index (χ1) is 27.2. The zero-order valence-corrected chi connectivity index (χ0v) is 32.9. The third kappa shape index (κ3) is 7.75. The fourth-order valence-electron chi connectivity index (χ4n) is 7.92. The van der Waals surface area contributed by atoms with E-state index in [2.05, 4.69) is 48.0 Å². The lowest BCUT2D eigenvalue weighted by molar-refractivity contribution is -0.183. The summed E-state index contributed by atoms with van der Waals surface area (Å²) in [5, 5.41) is 9.94. The average molecular weight is 762 g/mol. The predicted octanol–water partition coefficient (Wildman–Crippen LogP) is 11.8. The standard InChI is InChI=1S/C48H47N3O4S/c1-4-5-15-35-30-39-28-29-48(54-46(37-18-11-7-12-19-37)47(55-48)38-20-13-8-14-21-38)44(39)43(31-35)50-49-42-32-40(25-24-34(42)3)45(36-16-9-6-10-17-36)51-56(52,53)41-26-22-33(2)23-27-41/h6-14,16-27,30-32,45-47,51H,4-5,15,28-29H2,1-3H3/t45?,46-,47-/m0/s1. The van der Waals surface area contributed by atoms with E-state index in [4.69, 9.17) is 19.7 Å². The molecule has 284 valence electrons. The van der Waals surface area contributed by atoms with Crippen molar-refractivity contribution < 1.29 is 17.9 Å². The van der Waals surface area contributed by atoms with Gasteiger partial charge in [-0.1, -0.05) is 140 Å². The van der Waals surface area contributed by atoms with E-state index in [1.165, 1.54) is 11.1 Å². The quantitative estimate of drug-likeness (QED) is 0.126. The Labute approximate surface area is 330 Å². The third-order valence-electron chi connectivity index (χ3n) is 10.9. The van der Waals surface area contributed by atoms with Crippen LogP contribution in [-0.2, 0) is 38.1 Å². The summed E-state index contributed by atoms with van der Waals surface area (Å²) < 4.78 is 44.7. The van der Waals surface area contributed by atoms with E-state index in [1.807, 2.05) is 98.8 Å². The first kappa shape index (κ1) is 37.7. The largest absolute Gasteiger partial charge is 0.335 e. The van der Waals surface area contributed by atoms with Crippen molar-refractivity contribution in [3.63, 3.8) is 0 Å². The number of nitrogens with zero attached hydrogens (tertiary/aromatic N) is 2. The number of unbranched alkanes of at least 4 members (excludes halogenated alkanes) is 1. The van der Waals surface area contributed by atoms with Gasteiger partial charge in [0.2, 0.25) is 10.0 Å². The Hall–Kier alpha value is -5.25. The van der Waals surface area contributed by atoms with Crippen molar-refractivity contribution in [1.82, 2.24) is 4.72 Å². The molecule has 1 saturated heterocycles. The minimum atomic E-state index is -3.86. The van der Waals surface area contributed by atoms with Crippen LogP contribution in [0.1, 0.15) is 94.5 Å². The summed E-state index contributed by atoms with van der Waals surface area (Å²) in [5.41, 5.74) is 10.3. The Bertz CT molecular complexity index is 2390. The van der Waals surface area contributed by atoms with Gasteiger partial charge < -0.3 is 9.47 Å². The Morgan fingerprint density at radius 2 is 1.32 bits per heavy atom. The lowest BCUT2D eigenvalue weighted by atomic mass is 9.98. The number of nitrogens with one attached hydrogen (secondary N) is 1. The van der Waals surface area contributed by atoms with Crippen molar-refractivity contribution in [3.05, 3.63) is 196 Å². The van der Waals surface area contributed by atoms with Crippen LogP contribution in [0.4, 0.5) is 11.4 Å². The Balaban J connectivity index is 1.19. The Morgan fingerprint density at radius 1 is 0.714 bits per heavy atom. The molecule has 8 rings (SSSR count). The van der Waals surface area contributed by atoms with Crippen LogP contribution >= 0.6 is 0 Å². The molecule has 1 aliphatic carbocycles. The third-order valence-corrected chi connectivity index (χ3v) is 12.4. The number of benzene rings is 6. The molecule has 1 heterocycles. The molecule has 8 heteroatoms. The molecule has 0 aromatic heterocycles. The van der Waals surface area contributed by atoms with E-state index in [0.29, 0.717) is 12.1 Å². The highest BCUT2D eigenvalue weighted by molar-refractivity contribution is 7.89. The molecule has 7 nitrogen and oxygen atoms in total. The molecular formula is C48H47N3O4S.